The molecule has 6 heteroatoms. The summed E-state index contributed by atoms with van der Waals surface area (Å²) in [5, 5.41) is 0.583. The molecule has 4 rings (SSSR count). The van der Waals surface area contributed by atoms with E-state index in [-0.39, 0.29) is 11.8 Å². The zero-order valence-corrected chi connectivity index (χ0v) is 15.7. The fourth-order valence-corrected chi connectivity index (χ4v) is 3.63. The van der Waals surface area contributed by atoms with E-state index >= 15 is 0 Å². The molecule has 0 saturated carbocycles. The number of morpholine rings is 1. The highest BCUT2D eigenvalue weighted by atomic mass is 35.5. The van der Waals surface area contributed by atoms with Crippen molar-refractivity contribution in [2.75, 3.05) is 31.2 Å². The Morgan fingerprint density at radius 3 is 2.26 bits per heavy atom. The molecule has 2 aliphatic heterocycles. The summed E-state index contributed by atoms with van der Waals surface area (Å²) in [5.41, 5.74) is 3.03. The molecule has 0 aromatic heterocycles. The zero-order valence-electron chi connectivity index (χ0n) is 14.9. The lowest BCUT2D eigenvalue weighted by Crippen LogP contribution is -2.40. The van der Waals surface area contributed by atoms with Gasteiger partial charge in [0.25, 0.3) is 11.8 Å². The topological polar surface area (TPSA) is 49.9 Å². The molecule has 0 unspecified atom stereocenters. The SMILES string of the molecule is Cc1ccccc1N1C(=O)C(c2ccc(Cl)cc2)=C(N2CCOCC2)C1=O. The van der Waals surface area contributed by atoms with Gasteiger partial charge in [0.15, 0.2) is 0 Å². The van der Waals surface area contributed by atoms with E-state index in [0.29, 0.717) is 53.8 Å². The first-order chi connectivity index (χ1) is 13.1. The summed E-state index contributed by atoms with van der Waals surface area (Å²) in [6.45, 7) is 4.11. The molecule has 0 bridgehead atoms. The molecule has 2 aliphatic rings. The maximum Gasteiger partial charge on any atom is 0.282 e. The van der Waals surface area contributed by atoms with E-state index in [4.69, 9.17) is 16.3 Å². The summed E-state index contributed by atoms with van der Waals surface area (Å²) in [5.74, 6) is -0.598. The first-order valence-electron chi connectivity index (χ1n) is 8.85. The van der Waals surface area contributed by atoms with Gasteiger partial charge in [0.2, 0.25) is 0 Å². The van der Waals surface area contributed by atoms with Crippen LogP contribution >= 0.6 is 11.6 Å². The second kappa shape index (κ2) is 7.18. The van der Waals surface area contributed by atoms with Crippen molar-refractivity contribution in [1.29, 1.82) is 0 Å². The number of rotatable bonds is 3. The minimum absolute atomic E-state index is 0.291. The summed E-state index contributed by atoms with van der Waals surface area (Å²) < 4.78 is 5.42. The Hall–Kier alpha value is -2.63. The molecule has 1 fully saturated rings. The van der Waals surface area contributed by atoms with Gasteiger partial charge in [0, 0.05) is 18.1 Å². The van der Waals surface area contributed by atoms with Crippen molar-refractivity contribution in [3.8, 4) is 0 Å². The minimum Gasteiger partial charge on any atom is -0.378 e. The highest BCUT2D eigenvalue weighted by Crippen LogP contribution is 2.36. The number of imide groups is 1. The smallest absolute Gasteiger partial charge is 0.282 e. The van der Waals surface area contributed by atoms with Crippen LogP contribution in [0.3, 0.4) is 0 Å². The van der Waals surface area contributed by atoms with Gasteiger partial charge in [-0.3, -0.25) is 9.59 Å². The van der Waals surface area contributed by atoms with Crippen LogP contribution in [0.15, 0.2) is 54.2 Å². The molecule has 0 radical (unpaired) electrons. The zero-order chi connectivity index (χ0) is 19.0. The second-order valence-corrected chi connectivity index (χ2v) is 7.00. The first-order valence-corrected chi connectivity index (χ1v) is 9.23. The Morgan fingerprint density at radius 2 is 1.59 bits per heavy atom. The number of hydrogen-bond donors (Lipinski definition) is 0. The fraction of sp³-hybridized carbons (Fsp3) is 0.238. The summed E-state index contributed by atoms with van der Waals surface area (Å²) in [4.78, 5) is 30.0. The lowest BCUT2D eigenvalue weighted by atomic mass is 10.0. The quantitative estimate of drug-likeness (QED) is 0.764. The molecule has 2 heterocycles. The second-order valence-electron chi connectivity index (χ2n) is 6.56. The summed E-state index contributed by atoms with van der Waals surface area (Å²) >= 11 is 6.01. The number of carbonyl (C=O) groups excluding carboxylic acids is 2. The molecule has 2 amide bonds. The van der Waals surface area contributed by atoms with Gasteiger partial charge in [-0.25, -0.2) is 4.90 Å². The number of nitrogens with zero attached hydrogens (tertiary/aromatic N) is 2. The van der Waals surface area contributed by atoms with Crippen LogP contribution in [0.5, 0.6) is 0 Å². The molecule has 0 N–H and O–H groups in total. The lowest BCUT2D eigenvalue weighted by Gasteiger charge is -2.29. The van der Waals surface area contributed by atoms with Crippen molar-refractivity contribution < 1.29 is 14.3 Å². The molecule has 138 valence electrons. The standard InChI is InChI=1S/C21H19ClN2O3/c1-14-4-2-3-5-17(14)24-20(25)18(15-6-8-16(22)9-7-15)19(21(24)26)23-10-12-27-13-11-23/h2-9H,10-13H2,1H3. The predicted octanol–water partition coefficient (Wildman–Crippen LogP) is 3.27. The summed E-state index contributed by atoms with van der Waals surface area (Å²) in [7, 11) is 0. The molecular weight excluding hydrogens is 364 g/mol. The van der Waals surface area contributed by atoms with E-state index in [1.807, 2.05) is 30.0 Å². The van der Waals surface area contributed by atoms with Crippen LogP contribution in [0.1, 0.15) is 11.1 Å². The molecule has 5 nitrogen and oxygen atoms in total. The number of aryl methyl sites for hydroxylation is 1. The number of carbonyl (C=O) groups is 2. The van der Waals surface area contributed by atoms with Gasteiger partial charge in [-0.05, 0) is 36.2 Å². The van der Waals surface area contributed by atoms with E-state index in [1.165, 1.54) is 4.90 Å². The highest BCUT2D eigenvalue weighted by molar-refractivity contribution is 6.45. The Kier molecular flexibility index (Phi) is 4.72. The Balaban J connectivity index is 1.84. The third-order valence-electron chi connectivity index (χ3n) is 4.88. The molecule has 2 aromatic carbocycles. The average molecular weight is 383 g/mol. The molecule has 0 atom stereocenters. The van der Waals surface area contributed by atoms with Crippen molar-refractivity contribution in [2.24, 2.45) is 0 Å². The molecule has 2 aromatic rings. The van der Waals surface area contributed by atoms with E-state index in [1.54, 1.807) is 30.3 Å². The third-order valence-corrected chi connectivity index (χ3v) is 5.13. The number of ether oxygens (including phenoxy) is 1. The van der Waals surface area contributed by atoms with Crippen molar-refractivity contribution in [3.63, 3.8) is 0 Å². The fourth-order valence-electron chi connectivity index (χ4n) is 3.51. The predicted molar refractivity (Wildman–Crippen MR) is 104 cm³/mol. The van der Waals surface area contributed by atoms with E-state index < -0.39 is 0 Å². The summed E-state index contributed by atoms with van der Waals surface area (Å²) in [6, 6.07) is 14.4. The van der Waals surface area contributed by atoms with E-state index in [0.717, 1.165) is 5.56 Å². The van der Waals surface area contributed by atoms with Crippen molar-refractivity contribution in [2.45, 2.75) is 6.92 Å². The van der Waals surface area contributed by atoms with Gasteiger partial charge in [-0.2, -0.15) is 0 Å². The largest absolute Gasteiger partial charge is 0.378 e. The van der Waals surface area contributed by atoms with Crippen molar-refractivity contribution >= 4 is 34.7 Å². The monoisotopic (exact) mass is 382 g/mol. The van der Waals surface area contributed by atoms with Crippen molar-refractivity contribution in [3.05, 3.63) is 70.4 Å². The van der Waals surface area contributed by atoms with Gasteiger partial charge >= 0.3 is 0 Å². The lowest BCUT2D eigenvalue weighted by molar-refractivity contribution is -0.121. The molecule has 0 aliphatic carbocycles. The van der Waals surface area contributed by atoms with Crippen LogP contribution in [0.2, 0.25) is 5.02 Å². The molecule has 27 heavy (non-hydrogen) atoms. The minimum atomic E-state index is -0.307. The van der Waals surface area contributed by atoms with Crippen LogP contribution in [-0.4, -0.2) is 43.0 Å². The number of para-hydroxylation sites is 1. The number of anilines is 1. The Bertz CT molecular complexity index is 931. The van der Waals surface area contributed by atoms with Crippen LogP contribution < -0.4 is 4.90 Å². The third kappa shape index (κ3) is 3.13. The molecular formula is C21H19ClN2O3. The van der Waals surface area contributed by atoms with Crippen molar-refractivity contribution in [1.82, 2.24) is 4.90 Å². The van der Waals surface area contributed by atoms with E-state index in [2.05, 4.69) is 0 Å². The number of hydrogen-bond acceptors (Lipinski definition) is 4. The maximum absolute atomic E-state index is 13.4. The number of amides is 2. The average Bonchev–Trinajstić information content (AvgIpc) is 2.94. The molecule has 1 saturated heterocycles. The van der Waals surface area contributed by atoms with Crippen LogP contribution in [0.25, 0.3) is 5.57 Å². The maximum atomic E-state index is 13.4. The first kappa shape index (κ1) is 17.8. The van der Waals surface area contributed by atoms with Gasteiger partial charge in [-0.1, -0.05) is 41.9 Å². The van der Waals surface area contributed by atoms with Crippen LogP contribution in [0.4, 0.5) is 5.69 Å². The normalized spacial score (nSPS) is 17.9. The van der Waals surface area contributed by atoms with Crippen LogP contribution in [0, 0.1) is 6.92 Å². The number of halogens is 1. The van der Waals surface area contributed by atoms with Gasteiger partial charge in [-0.15, -0.1) is 0 Å². The van der Waals surface area contributed by atoms with E-state index in [9.17, 15) is 9.59 Å². The Labute approximate surface area is 162 Å². The molecule has 0 spiro atoms. The van der Waals surface area contributed by atoms with Gasteiger partial charge in [0.05, 0.1) is 24.5 Å². The van der Waals surface area contributed by atoms with Gasteiger partial charge < -0.3 is 9.64 Å². The highest BCUT2D eigenvalue weighted by Gasteiger charge is 2.43. The Morgan fingerprint density at radius 1 is 0.926 bits per heavy atom. The van der Waals surface area contributed by atoms with Crippen LogP contribution in [-0.2, 0) is 14.3 Å². The van der Waals surface area contributed by atoms with Gasteiger partial charge in [0.1, 0.15) is 5.70 Å². The number of benzene rings is 2. The summed E-state index contributed by atoms with van der Waals surface area (Å²) in [6.07, 6.45) is 0.